The molecule has 0 radical (unpaired) electrons. The summed E-state index contributed by atoms with van der Waals surface area (Å²) in [5, 5.41) is 3.07. The van der Waals surface area contributed by atoms with Gasteiger partial charge in [-0.25, -0.2) is 12.7 Å². The predicted octanol–water partition coefficient (Wildman–Crippen LogP) is 3.97. The molecule has 1 unspecified atom stereocenters. The van der Waals surface area contributed by atoms with Crippen LogP contribution in [0.15, 0.2) is 53.4 Å². The van der Waals surface area contributed by atoms with Gasteiger partial charge in [0.1, 0.15) is 0 Å². The second-order valence-corrected chi connectivity index (χ2v) is 9.16. The van der Waals surface area contributed by atoms with Crippen molar-refractivity contribution in [3.05, 3.63) is 65.2 Å². The standard InChI is InChI=1S/C22H30N2O3S/c1-5-21(19-14-13-17(2)18(3)16-19)23-22(25)12-9-15-24(4)28(26,27)20-10-7-6-8-11-20/h6-8,10-11,13-14,16,21H,5,9,12,15H2,1-4H3,(H,23,25). The smallest absolute Gasteiger partial charge is 0.242 e. The molecule has 0 heterocycles. The molecule has 0 aliphatic heterocycles. The Bertz CT molecular complexity index is 895. The van der Waals surface area contributed by atoms with Crippen LogP contribution in [0.4, 0.5) is 0 Å². The van der Waals surface area contributed by atoms with Crippen molar-refractivity contribution in [2.75, 3.05) is 13.6 Å². The fourth-order valence-corrected chi connectivity index (χ4v) is 4.25. The van der Waals surface area contributed by atoms with E-state index < -0.39 is 10.0 Å². The van der Waals surface area contributed by atoms with Crippen molar-refractivity contribution in [1.29, 1.82) is 0 Å². The number of nitrogens with one attached hydrogen (secondary N) is 1. The van der Waals surface area contributed by atoms with Gasteiger partial charge in [-0.05, 0) is 55.5 Å². The van der Waals surface area contributed by atoms with Gasteiger partial charge in [0.25, 0.3) is 0 Å². The van der Waals surface area contributed by atoms with Crippen molar-refractivity contribution < 1.29 is 13.2 Å². The van der Waals surface area contributed by atoms with Gasteiger partial charge in [0.05, 0.1) is 10.9 Å². The molecule has 1 N–H and O–H groups in total. The monoisotopic (exact) mass is 402 g/mol. The van der Waals surface area contributed by atoms with Crippen molar-refractivity contribution in [2.24, 2.45) is 0 Å². The summed E-state index contributed by atoms with van der Waals surface area (Å²) in [6, 6.07) is 14.5. The van der Waals surface area contributed by atoms with E-state index in [1.54, 1.807) is 37.4 Å². The maximum atomic E-state index is 12.5. The molecule has 2 rings (SSSR count). The molecule has 0 aliphatic rings. The fraction of sp³-hybridized carbons (Fsp3) is 0.409. The van der Waals surface area contributed by atoms with Gasteiger partial charge in [-0.15, -0.1) is 0 Å². The molecule has 0 spiro atoms. The van der Waals surface area contributed by atoms with E-state index >= 15 is 0 Å². The number of amides is 1. The maximum absolute atomic E-state index is 12.5. The zero-order valence-corrected chi connectivity index (χ0v) is 17.9. The largest absolute Gasteiger partial charge is 0.349 e. The van der Waals surface area contributed by atoms with E-state index in [1.165, 1.54) is 15.4 Å². The summed E-state index contributed by atoms with van der Waals surface area (Å²) in [5.74, 6) is -0.0596. The second-order valence-electron chi connectivity index (χ2n) is 7.12. The molecule has 28 heavy (non-hydrogen) atoms. The summed E-state index contributed by atoms with van der Waals surface area (Å²) in [5.41, 5.74) is 3.54. The average Bonchev–Trinajstić information content (AvgIpc) is 2.68. The highest BCUT2D eigenvalue weighted by Crippen LogP contribution is 2.20. The van der Waals surface area contributed by atoms with E-state index in [0.717, 1.165) is 12.0 Å². The first-order valence-corrected chi connectivity index (χ1v) is 11.1. The van der Waals surface area contributed by atoms with E-state index in [0.29, 0.717) is 13.0 Å². The predicted molar refractivity (Wildman–Crippen MR) is 113 cm³/mol. The first-order chi connectivity index (χ1) is 13.3. The number of rotatable bonds is 9. The summed E-state index contributed by atoms with van der Waals surface area (Å²) < 4.78 is 26.3. The van der Waals surface area contributed by atoms with E-state index in [9.17, 15) is 13.2 Å². The Morgan fingerprint density at radius 1 is 1.07 bits per heavy atom. The van der Waals surface area contributed by atoms with Crippen LogP contribution in [0.3, 0.4) is 0 Å². The van der Waals surface area contributed by atoms with Crippen LogP contribution in [0, 0.1) is 13.8 Å². The van der Waals surface area contributed by atoms with Gasteiger partial charge in [-0.2, -0.15) is 0 Å². The molecular formula is C22H30N2O3S. The molecule has 0 aromatic heterocycles. The van der Waals surface area contributed by atoms with Crippen molar-refractivity contribution in [1.82, 2.24) is 9.62 Å². The van der Waals surface area contributed by atoms with E-state index in [4.69, 9.17) is 0 Å². The van der Waals surface area contributed by atoms with Gasteiger partial charge in [-0.1, -0.05) is 43.3 Å². The lowest BCUT2D eigenvalue weighted by Gasteiger charge is -2.20. The van der Waals surface area contributed by atoms with Gasteiger partial charge in [-0.3, -0.25) is 4.79 Å². The van der Waals surface area contributed by atoms with Crippen LogP contribution >= 0.6 is 0 Å². The lowest BCUT2D eigenvalue weighted by molar-refractivity contribution is -0.122. The Morgan fingerprint density at radius 2 is 1.75 bits per heavy atom. The van der Waals surface area contributed by atoms with Crippen LogP contribution in [-0.4, -0.2) is 32.2 Å². The number of aryl methyl sites for hydroxylation is 2. The third kappa shape index (κ3) is 5.66. The molecule has 0 bridgehead atoms. The second kappa shape index (κ2) is 9.85. The van der Waals surface area contributed by atoms with E-state index in [-0.39, 0.29) is 23.3 Å². The molecule has 0 saturated carbocycles. The zero-order valence-electron chi connectivity index (χ0n) is 17.1. The number of hydrogen-bond acceptors (Lipinski definition) is 3. The number of carbonyl (C=O) groups excluding carboxylic acids is 1. The molecule has 0 saturated heterocycles. The minimum absolute atomic E-state index is 0.0300. The topological polar surface area (TPSA) is 66.5 Å². The van der Waals surface area contributed by atoms with Crippen molar-refractivity contribution in [2.45, 2.75) is 51.0 Å². The molecule has 1 amide bonds. The highest BCUT2D eigenvalue weighted by Gasteiger charge is 2.20. The van der Waals surface area contributed by atoms with Crippen LogP contribution in [0.5, 0.6) is 0 Å². The summed E-state index contributed by atoms with van der Waals surface area (Å²) in [6.45, 7) is 6.47. The number of sulfonamides is 1. The first-order valence-electron chi connectivity index (χ1n) is 9.63. The highest BCUT2D eigenvalue weighted by atomic mass is 32.2. The molecule has 1 atom stereocenters. The Morgan fingerprint density at radius 3 is 2.36 bits per heavy atom. The lowest BCUT2D eigenvalue weighted by Crippen LogP contribution is -2.31. The van der Waals surface area contributed by atoms with E-state index in [2.05, 4.69) is 37.4 Å². The van der Waals surface area contributed by atoms with Crippen molar-refractivity contribution in [3.8, 4) is 0 Å². The van der Waals surface area contributed by atoms with Crippen LogP contribution in [-0.2, 0) is 14.8 Å². The lowest BCUT2D eigenvalue weighted by atomic mass is 9.99. The number of hydrogen-bond donors (Lipinski definition) is 1. The summed E-state index contributed by atoms with van der Waals surface area (Å²) in [6.07, 6.45) is 1.56. The number of benzene rings is 2. The average molecular weight is 403 g/mol. The Kier molecular flexibility index (Phi) is 7.78. The van der Waals surface area contributed by atoms with Gasteiger partial charge < -0.3 is 5.32 Å². The van der Waals surface area contributed by atoms with Crippen LogP contribution < -0.4 is 5.32 Å². The minimum atomic E-state index is -3.51. The highest BCUT2D eigenvalue weighted by molar-refractivity contribution is 7.89. The van der Waals surface area contributed by atoms with E-state index in [1.807, 2.05) is 6.92 Å². The Hall–Kier alpha value is -2.18. The van der Waals surface area contributed by atoms with Crippen LogP contribution in [0.2, 0.25) is 0 Å². The maximum Gasteiger partial charge on any atom is 0.242 e. The van der Waals surface area contributed by atoms with Crippen LogP contribution in [0.25, 0.3) is 0 Å². The van der Waals surface area contributed by atoms with Gasteiger partial charge >= 0.3 is 0 Å². The van der Waals surface area contributed by atoms with Gasteiger partial charge in [0.15, 0.2) is 0 Å². The molecule has 0 aliphatic carbocycles. The number of carbonyl (C=O) groups is 1. The normalized spacial score (nSPS) is 12.8. The Balaban J connectivity index is 1.88. The summed E-state index contributed by atoms with van der Waals surface area (Å²) >= 11 is 0. The van der Waals surface area contributed by atoms with Gasteiger partial charge in [0.2, 0.25) is 15.9 Å². The molecular weight excluding hydrogens is 372 g/mol. The van der Waals surface area contributed by atoms with Crippen molar-refractivity contribution in [3.63, 3.8) is 0 Å². The third-order valence-corrected chi connectivity index (χ3v) is 6.88. The molecule has 5 nitrogen and oxygen atoms in total. The third-order valence-electron chi connectivity index (χ3n) is 5.01. The summed E-state index contributed by atoms with van der Waals surface area (Å²) in [7, 11) is -1.97. The SMILES string of the molecule is CCC(NC(=O)CCCN(C)S(=O)(=O)c1ccccc1)c1ccc(C)c(C)c1. The molecule has 152 valence electrons. The molecule has 0 fully saturated rings. The molecule has 6 heteroatoms. The molecule has 2 aromatic rings. The van der Waals surface area contributed by atoms with Crippen LogP contribution in [0.1, 0.15) is 48.9 Å². The minimum Gasteiger partial charge on any atom is -0.349 e. The van der Waals surface area contributed by atoms with Crippen molar-refractivity contribution >= 4 is 15.9 Å². The van der Waals surface area contributed by atoms with Gasteiger partial charge in [0, 0.05) is 20.0 Å². The number of nitrogens with zero attached hydrogens (tertiary/aromatic N) is 1. The quantitative estimate of drug-likeness (QED) is 0.690. The molecule has 2 aromatic carbocycles. The first kappa shape index (κ1) is 22.1. The Labute approximate surface area is 168 Å². The zero-order chi connectivity index (χ0) is 20.7. The summed E-state index contributed by atoms with van der Waals surface area (Å²) in [4.78, 5) is 12.6. The fourth-order valence-electron chi connectivity index (χ4n) is 3.02.